The zero-order valence-corrected chi connectivity index (χ0v) is 9.72. The third kappa shape index (κ3) is 3.95. The van der Waals surface area contributed by atoms with E-state index in [1.54, 1.807) is 0 Å². The topological polar surface area (TPSA) is 32.3 Å². The molecule has 0 radical (unpaired) electrons. The fourth-order valence-corrected chi connectivity index (χ4v) is 1.95. The molecule has 0 aliphatic carbocycles. The van der Waals surface area contributed by atoms with E-state index in [0.717, 1.165) is 19.4 Å². The van der Waals surface area contributed by atoms with Crippen LogP contribution in [0.15, 0.2) is 0 Å². The summed E-state index contributed by atoms with van der Waals surface area (Å²) >= 11 is 0. The monoisotopic (exact) mass is 197 g/mol. The van der Waals surface area contributed by atoms with Crippen molar-refractivity contribution < 1.29 is 5.11 Å². The van der Waals surface area contributed by atoms with Crippen LogP contribution in [0.2, 0.25) is 19.6 Å². The lowest BCUT2D eigenvalue weighted by molar-refractivity contribution is 0.190. The quantitative estimate of drug-likeness (QED) is 0.485. The minimum Gasteiger partial charge on any atom is -0.379 e. The van der Waals surface area contributed by atoms with Gasteiger partial charge >= 0.3 is 0 Å². The Labute approximate surface area is 81.7 Å². The molecule has 1 heterocycles. The highest BCUT2D eigenvalue weighted by Crippen LogP contribution is 2.08. The smallest absolute Gasteiger partial charge is 0.129 e. The molecule has 1 aliphatic rings. The predicted molar refractivity (Wildman–Crippen MR) is 58.2 cm³/mol. The molecule has 2 nitrogen and oxygen atoms in total. The Balaban J connectivity index is 2.46. The Morgan fingerprint density at radius 3 is 2.62 bits per heavy atom. The first-order valence-corrected chi connectivity index (χ1v) is 8.43. The molecule has 3 heteroatoms. The number of nitrogens with one attached hydrogen (secondary N) is 1. The van der Waals surface area contributed by atoms with E-state index in [-0.39, 0.29) is 6.04 Å². The van der Waals surface area contributed by atoms with Crippen molar-refractivity contribution in [2.45, 2.75) is 44.6 Å². The minimum atomic E-state index is -1.32. The molecule has 0 amide bonds. The van der Waals surface area contributed by atoms with Gasteiger partial charge in [0.2, 0.25) is 0 Å². The highest BCUT2D eigenvalue weighted by atomic mass is 28.3. The van der Waals surface area contributed by atoms with E-state index in [2.05, 4.69) is 36.4 Å². The van der Waals surface area contributed by atoms with Gasteiger partial charge in [0.05, 0.1) is 0 Å². The lowest BCUT2D eigenvalue weighted by atomic mass is 10.1. The molecule has 0 aromatic carbocycles. The number of hydrogen-bond donors (Lipinski definition) is 2. The SMILES string of the molecule is C[Si](C)(C)C#CC(O)[C@@H]1CCCN1. The van der Waals surface area contributed by atoms with Crippen LogP contribution in [0.3, 0.4) is 0 Å². The minimum absolute atomic E-state index is 0.212. The van der Waals surface area contributed by atoms with Crippen molar-refractivity contribution in [2.75, 3.05) is 6.54 Å². The van der Waals surface area contributed by atoms with Crippen molar-refractivity contribution in [3.63, 3.8) is 0 Å². The maximum atomic E-state index is 9.70. The molecule has 1 saturated heterocycles. The molecule has 0 spiro atoms. The van der Waals surface area contributed by atoms with Gasteiger partial charge in [-0.3, -0.25) is 0 Å². The summed E-state index contributed by atoms with van der Waals surface area (Å²) in [5.41, 5.74) is 3.20. The number of aliphatic hydroxyl groups excluding tert-OH is 1. The second kappa shape index (κ2) is 4.27. The van der Waals surface area contributed by atoms with E-state index in [0.29, 0.717) is 0 Å². The summed E-state index contributed by atoms with van der Waals surface area (Å²) in [5.74, 6) is 2.97. The van der Waals surface area contributed by atoms with Crippen LogP contribution in [0.4, 0.5) is 0 Å². The summed E-state index contributed by atoms with van der Waals surface area (Å²) < 4.78 is 0. The van der Waals surface area contributed by atoms with Crippen LogP contribution < -0.4 is 5.32 Å². The average molecular weight is 197 g/mol. The lowest BCUT2D eigenvalue weighted by Crippen LogP contribution is -2.34. The summed E-state index contributed by atoms with van der Waals surface area (Å²) in [7, 11) is -1.32. The van der Waals surface area contributed by atoms with Crippen molar-refractivity contribution in [1.29, 1.82) is 0 Å². The molecule has 2 atom stereocenters. The van der Waals surface area contributed by atoms with Gasteiger partial charge in [0.1, 0.15) is 14.2 Å². The van der Waals surface area contributed by atoms with Crippen LogP contribution >= 0.6 is 0 Å². The number of hydrogen-bond acceptors (Lipinski definition) is 2. The van der Waals surface area contributed by atoms with Gasteiger partial charge in [-0.1, -0.05) is 25.6 Å². The van der Waals surface area contributed by atoms with Gasteiger partial charge in [0.15, 0.2) is 0 Å². The van der Waals surface area contributed by atoms with Crippen molar-refractivity contribution in [2.24, 2.45) is 0 Å². The van der Waals surface area contributed by atoms with Crippen LogP contribution in [0.25, 0.3) is 0 Å². The molecule has 13 heavy (non-hydrogen) atoms. The van der Waals surface area contributed by atoms with Crippen molar-refractivity contribution in [3.05, 3.63) is 0 Å². The summed E-state index contributed by atoms with van der Waals surface area (Å²) in [6, 6.07) is 0.212. The Morgan fingerprint density at radius 1 is 1.46 bits per heavy atom. The summed E-state index contributed by atoms with van der Waals surface area (Å²) in [6.07, 6.45) is 1.76. The van der Waals surface area contributed by atoms with Gasteiger partial charge in [-0.2, -0.15) is 0 Å². The van der Waals surface area contributed by atoms with Gasteiger partial charge < -0.3 is 10.4 Å². The maximum absolute atomic E-state index is 9.70. The summed E-state index contributed by atoms with van der Waals surface area (Å²) in [6.45, 7) is 7.59. The first kappa shape index (κ1) is 10.8. The van der Waals surface area contributed by atoms with E-state index in [1.165, 1.54) is 0 Å². The molecule has 0 aromatic heterocycles. The fraction of sp³-hybridized carbons (Fsp3) is 0.800. The molecule has 0 saturated carbocycles. The second-order valence-electron chi connectivity index (χ2n) is 4.67. The van der Waals surface area contributed by atoms with Gasteiger partial charge in [-0.05, 0) is 19.4 Å². The average Bonchev–Trinajstić information content (AvgIpc) is 2.50. The largest absolute Gasteiger partial charge is 0.379 e. The normalized spacial score (nSPS) is 25.1. The van der Waals surface area contributed by atoms with Gasteiger partial charge in [-0.25, -0.2) is 0 Å². The third-order valence-corrected chi connectivity index (χ3v) is 2.97. The molecule has 74 valence electrons. The third-order valence-electron chi connectivity index (χ3n) is 2.07. The molecule has 1 unspecified atom stereocenters. The van der Waals surface area contributed by atoms with Gasteiger partial charge in [-0.15, -0.1) is 5.54 Å². The summed E-state index contributed by atoms with van der Waals surface area (Å²) in [5, 5.41) is 13.0. The van der Waals surface area contributed by atoms with Crippen LogP contribution in [0.1, 0.15) is 12.8 Å². The van der Waals surface area contributed by atoms with E-state index in [1.807, 2.05) is 0 Å². The molecule has 1 rings (SSSR count). The fourth-order valence-electron chi connectivity index (χ4n) is 1.37. The molecule has 2 N–H and O–H groups in total. The van der Waals surface area contributed by atoms with Crippen LogP contribution in [-0.4, -0.2) is 31.9 Å². The molecule has 0 aromatic rings. The van der Waals surface area contributed by atoms with Crippen LogP contribution in [-0.2, 0) is 0 Å². The van der Waals surface area contributed by atoms with Crippen molar-refractivity contribution in [1.82, 2.24) is 5.32 Å². The zero-order chi connectivity index (χ0) is 9.90. The highest BCUT2D eigenvalue weighted by molar-refractivity contribution is 6.83. The summed E-state index contributed by atoms with van der Waals surface area (Å²) in [4.78, 5) is 0. The standard InChI is InChI=1S/C10H19NOSi/c1-13(2,3)8-6-10(12)9-5-4-7-11-9/h9-12H,4-5,7H2,1-3H3/t9-,10?/m0/s1. The molecule has 0 bridgehead atoms. The second-order valence-corrected chi connectivity index (χ2v) is 9.42. The van der Waals surface area contributed by atoms with E-state index in [9.17, 15) is 5.11 Å². The highest BCUT2D eigenvalue weighted by Gasteiger charge is 2.21. The van der Waals surface area contributed by atoms with Crippen molar-refractivity contribution >= 4 is 8.07 Å². The Morgan fingerprint density at radius 2 is 2.15 bits per heavy atom. The molecular formula is C10H19NOSi. The van der Waals surface area contributed by atoms with E-state index < -0.39 is 14.2 Å². The maximum Gasteiger partial charge on any atom is 0.129 e. The predicted octanol–water partition coefficient (Wildman–Crippen LogP) is 0.980. The first-order valence-electron chi connectivity index (χ1n) is 4.93. The Kier molecular flexibility index (Phi) is 3.54. The molecule has 1 aliphatic heterocycles. The number of rotatable bonds is 1. The molecule has 1 fully saturated rings. The van der Waals surface area contributed by atoms with Crippen molar-refractivity contribution in [3.8, 4) is 11.5 Å². The zero-order valence-electron chi connectivity index (χ0n) is 8.72. The lowest BCUT2D eigenvalue weighted by Gasteiger charge is -2.13. The Bertz CT molecular complexity index is 217. The van der Waals surface area contributed by atoms with E-state index >= 15 is 0 Å². The van der Waals surface area contributed by atoms with Crippen LogP contribution in [0, 0.1) is 11.5 Å². The van der Waals surface area contributed by atoms with E-state index in [4.69, 9.17) is 0 Å². The number of aliphatic hydroxyl groups is 1. The van der Waals surface area contributed by atoms with Gasteiger partial charge in [0, 0.05) is 6.04 Å². The first-order chi connectivity index (χ1) is 5.99. The Hall–Kier alpha value is -0.303. The van der Waals surface area contributed by atoms with Gasteiger partial charge in [0.25, 0.3) is 0 Å². The van der Waals surface area contributed by atoms with Crippen LogP contribution in [0.5, 0.6) is 0 Å². The molecular weight excluding hydrogens is 178 g/mol.